The minimum absolute atomic E-state index is 0.150. The lowest BCUT2D eigenvalue weighted by Crippen LogP contribution is -2.33. The van der Waals surface area contributed by atoms with E-state index in [2.05, 4.69) is 5.32 Å². The van der Waals surface area contributed by atoms with Crippen LogP contribution < -0.4 is 11.1 Å². The molecule has 3 N–H and O–H groups in total. The number of nitrogens with one attached hydrogen (secondary N) is 1. The summed E-state index contributed by atoms with van der Waals surface area (Å²) in [4.78, 5) is 11.9. The van der Waals surface area contributed by atoms with E-state index < -0.39 is 0 Å². The molecular formula is C13H18N2OS. The number of rotatable bonds is 3. The first-order valence-electron chi connectivity index (χ1n) is 5.99. The van der Waals surface area contributed by atoms with Gasteiger partial charge in [0.15, 0.2) is 0 Å². The Morgan fingerprint density at radius 2 is 2.12 bits per heavy atom. The number of amides is 1. The number of carbonyl (C=O) groups excluding carboxylic acids is 1. The molecule has 4 heteroatoms. The summed E-state index contributed by atoms with van der Waals surface area (Å²) in [5, 5.41) is 3.14. The fourth-order valence-electron chi connectivity index (χ4n) is 1.89. The number of benzene rings is 1. The summed E-state index contributed by atoms with van der Waals surface area (Å²) in [6, 6.07) is 7.61. The maximum atomic E-state index is 11.9. The molecule has 0 saturated carbocycles. The van der Waals surface area contributed by atoms with Crippen LogP contribution in [0.15, 0.2) is 24.3 Å². The van der Waals surface area contributed by atoms with Gasteiger partial charge in [0, 0.05) is 12.2 Å². The van der Waals surface area contributed by atoms with E-state index in [1.807, 2.05) is 24.3 Å². The average Bonchev–Trinajstić information content (AvgIpc) is 2.39. The molecule has 0 aliphatic carbocycles. The number of hydrogen-bond acceptors (Lipinski definition) is 3. The van der Waals surface area contributed by atoms with Gasteiger partial charge in [0.2, 0.25) is 5.91 Å². The van der Waals surface area contributed by atoms with E-state index in [1.54, 1.807) is 11.8 Å². The molecule has 2 rings (SSSR count). The molecule has 3 nitrogen and oxygen atoms in total. The lowest BCUT2D eigenvalue weighted by atomic mass is 10.1. The average molecular weight is 250 g/mol. The second-order valence-corrected chi connectivity index (χ2v) is 5.63. The Morgan fingerprint density at radius 3 is 2.76 bits per heavy atom. The van der Waals surface area contributed by atoms with E-state index in [-0.39, 0.29) is 11.2 Å². The van der Waals surface area contributed by atoms with Gasteiger partial charge in [-0.05, 0) is 36.3 Å². The quantitative estimate of drug-likeness (QED) is 0.808. The second-order valence-electron chi connectivity index (χ2n) is 4.31. The van der Waals surface area contributed by atoms with Crippen LogP contribution in [0.3, 0.4) is 0 Å². The molecule has 0 radical (unpaired) electrons. The van der Waals surface area contributed by atoms with E-state index in [9.17, 15) is 4.79 Å². The van der Waals surface area contributed by atoms with Crippen molar-refractivity contribution in [3.8, 4) is 0 Å². The van der Waals surface area contributed by atoms with Gasteiger partial charge in [-0.1, -0.05) is 18.6 Å². The van der Waals surface area contributed by atoms with Crippen LogP contribution in [0.4, 0.5) is 5.69 Å². The molecule has 1 aliphatic rings. The zero-order valence-corrected chi connectivity index (χ0v) is 10.6. The van der Waals surface area contributed by atoms with Gasteiger partial charge in [0.05, 0.1) is 5.25 Å². The van der Waals surface area contributed by atoms with E-state index in [1.165, 1.54) is 12.8 Å². The van der Waals surface area contributed by atoms with Crippen LogP contribution in [0, 0.1) is 0 Å². The van der Waals surface area contributed by atoms with Crippen molar-refractivity contribution in [2.75, 3.05) is 11.5 Å². The highest BCUT2D eigenvalue weighted by atomic mass is 32.2. The van der Waals surface area contributed by atoms with Gasteiger partial charge in [-0.25, -0.2) is 0 Å². The first kappa shape index (κ1) is 12.3. The molecule has 1 fully saturated rings. The predicted octanol–water partition coefficient (Wildman–Crippen LogP) is 2.17. The van der Waals surface area contributed by atoms with Crippen molar-refractivity contribution in [3.63, 3.8) is 0 Å². The molecule has 1 saturated heterocycles. The third-order valence-electron chi connectivity index (χ3n) is 2.92. The summed E-state index contributed by atoms with van der Waals surface area (Å²) in [7, 11) is 0. The van der Waals surface area contributed by atoms with Crippen LogP contribution in [-0.2, 0) is 11.3 Å². The van der Waals surface area contributed by atoms with Crippen molar-refractivity contribution in [3.05, 3.63) is 29.8 Å². The lowest BCUT2D eigenvalue weighted by Gasteiger charge is -2.20. The molecule has 1 atom stereocenters. The fraction of sp³-hybridized carbons (Fsp3) is 0.462. The highest BCUT2D eigenvalue weighted by molar-refractivity contribution is 8.00. The molecule has 1 aromatic rings. The third kappa shape index (κ3) is 3.66. The Labute approximate surface area is 106 Å². The lowest BCUT2D eigenvalue weighted by molar-refractivity contribution is -0.120. The normalized spacial score (nSPS) is 19.9. The molecule has 0 aromatic heterocycles. The highest BCUT2D eigenvalue weighted by Gasteiger charge is 2.21. The van der Waals surface area contributed by atoms with Gasteiger partial charge in [-0.3, -0.25) is 4.79 Å². The van der Waals surface area contributed by atoms with Gasteiger partial charge in [-0.15, -0.1) is 11.8 Å². The van der Waals surface area contributed by atoms with Gasteiger partial charge < -0.3 is 11.1 Å². The van der Waals surface area contributed by atoms with Crippen LogP contribution in [0.1, 0.15) is 24.8 Å². The molecule has 0 bridgehead atoms. The minimum atomic E-state index is 0.150. The van der Waals surface area contributed by atoms with Crippen LogP contribution in [0.25, 0.3) is 0 Å². The van der Waals surface area contributed by atoms with Crippen LogP contribution in [-0.4, -0.2) is 16.9 Å². The van der Waals surface area contributed by atoms with Crippen LogP contribution >= 0.6 is 11.8 Å². The maximum absolute atomic E-state index is 11.9. The molecular weight excluding hydrogens is 232 g/mol. The van der Waals surface area contributed by atoms with Crippen molar-refractivity contribution >= 4 is 23.4 Å². The molecule has 0 spiro atoms. The highest BCUT2D eigenvalue weighted by Crippen LogP contribution is 2.25. The van der Waals surface area contributed by atoms with Crippen molar-refractivity contribution in [1.82, 2.24) is 5.32 Å². The Bertz CT molecular complexity index is 372. The maximum Gasteiger partial charge on any atom is 0.233 e. The fourth-order valence-corrected chi connectivity index (χ4v) is 3.11. The zero-order chi connectivity index (χ0) is 12.1. The van der Waals surface area contributed by atoms with E-state index >= 15 is 0 Å². The minimum Gasteiger partial charge on any atom is -0.399 e. The Balaban J connectivity index is 1.81. The smallest absolute Gasteiger partial charge is 0.233 e. The molecule has 1 heterocycles. The summed E-state index contributed by atoms with van der Waals surface area (Å²) in [5.74, 6) is 1.28. The summed E-state index contributed by atoms with van der Waals surface area (Å²) in [6.07, 6.45) is 3.43. The Kier molecular flexibility index (Phi) is 4.31. The van der Waals surface area contributed by atoms with E-state index in [0.29, 0.717) is 6.54 Å². The molecule has 1 amide bonds. The van der Waals surface area contributed by atoms with Crippen molar-refractivity contribution < 1.29 is 4.79 Å². The topological polar surface area (TPSA) is 55.1 Å². The van der Waals surface area contributed by atoms with Crippen LogP contribution in [0.2, 0.25) is 0 Å². The zero-order valence-electron chi connectivity index (χ0n) is 9.82. The van der Waals surface area contributed by atoms with Gasteiger partial charge >= 0.3 is 0 Å². The summed E-state index contributed by atoms with van der Waals surface area (Å²) in [6.45, 7) is 0.593. The third-order valence-corrected chi connectivity index (χ3v) is 4.30. The monoisotopic (exact) mass is 250 g/mol. The number of nitrogen functional groups attached to an aromatic ring is 1. The standard InChI is InChI=1S/C13H18N2OS/c14-11-6-4-10(5-7-11)9-15-13(16)12-3-1-2-8-17-12/h4-7,12H,1-3,8-9,14H2,(H,15,16). The largest absolute Gasteiger partial charge is 0.399 e. The van der Waals surface area contributed by atoms with Crippen molar-refractivity contribution in [2.24, 2.45) is 0 Å². The molecule has 1 unspecified atom stereocenters. The van der Waals surface area contributed by atoms with Crippen LogP contribution in [0.5, 0.6) is 0 Å². The van der Waals surface area contributed by atoms with Crippen molar-refractivity contribution in [2.45, 2.75) is 31.1 Å². The second kappa shape index (κ2) is 5.96. The summed E-state index contributed by atoms with van der Waals surface area (Å²) in [5.41, 5.74) is 7.45. The van der Waals surface area contributed by atoms with Gasteiger partial charge in [0.1, 0.15) is 0 Å². The van der Waals surface area contributed by atoms with Crippen molar-refractivity contribution in [1.29, 1.82) is 0 Å². The van der Waals surface area contributed by atoms with Gasteiger partial charge in [-0.2, -0.15) is 0 Å². The Hall–Kier alpha value is -1.16. The van der Waals surface area contributed by atoms with Gasteiger partial charge in [0.25, 0.3) is 0 Å². The Morgan fingerprint density at radius 1 is 1.35 bits per heavy atom. The van der Waals surface area contributed by atoms with E-state index in [4.69, 9.17) is 5.73 Å². The molecule has 92 valence electrons. The number of hydrogen-bond donors (Lipinski definition) is 2. The first-order valence-corrected chi connectivity index (χ1v) is 7.04. The number of anilines is 1. The number of nitrogens with two attached hydrogens (primary N) is 1. The number of thioether (sulfide) groups is 1. The summed E-state index contributed by atoms with van der Waals surface area (Å²) >= 11 is 1.78. The first-order chi connectivity index (χ1) is 8.25. The molecule has 1 aromatic carbocycles. The van der Waals surface area contributed by atoms with E-state index in [0.717, 1.165) is 23.4 Å². The summed E-state index contributed by atoms with van der Waals surface area (Å²) < 4.78 is 0. The SMILES string of the molecule is Nc1ccc(CNC(=O)C2CCCCS2)cc1. The predicted molar refractivity (Wildman–Crippen MR) is 72.8 cm³/mol. The number of carbonyl (C=O) groups is 1. The molecule has 17 heavy (non-hydrogen) atoms. The molecule has 1 aliphatic heterocycles.